The van der Waals surface area contributed by atoms with Gasteiger partial charge in [-0.3, -0.25) is 0 Å². The van der Waals surface area contributed by atoms with Gasteiger partial charge in [0, 0.05) is 66.8 Å². The van der Waals surface area contributed by atoms with Crippen LogP contribution in [0, 0.1) is 35.1 Å². The Morgan fingerprint density at radius 2 is 0.500 bits per heavy atom. The monoisotopic (exact) mass is 1810 g/mol. The van der Waals surface area contributed by atoms with E-state index in [4.69, 9.17) is 0 Å². The second kappa shape index (κ2) is 38.8. The van der Waals surface area contributed by atoms with Crippen molar-refractivity contribution in [2.24, 2.45) is 11.8 Å². The van der Waals surface area contributed by atoms with Crippen molar-refractivity contribution in [2.75, 3.05) is 0 Å². The standard InChI is InChI=1S/C34H36FN2.C32H32FN2.C30H32FN2.C28H28FN2/c35-29-16-17-30-28(20-29)23-36-18-19-37(34(30)36)33-31(25-12-6-2-7-13-25)21-27(24-10-4-1-5-11-24)22-32(33)26-14-8-3-9-15-26;33-27-14-15-28-26(18-27)21-34-16-17-35(32(28)34)31-29(23-10-4-5-11-23)19-25(22-8-2-1-3-9-22)20-30(31)24-12-6-7-13-24;1-20(2)14-24-16-23(22-8-6-5-7-9-22)17-25(15-21(3)4)29(24)33-13-12-32-19-26-18-27(31)10-11-28(26)30(32)33;1-18(2)25-15-21(20-8-6-5-7-9-20)16-26(19(3)4)27(25)31-13-12-30-17-22-14-23(29)10-11-24(22)28(30)31/h1,4-5,10-11,16-22,25-26H,2-3,6-9,12-15,23H2;1-3,8-9,14-20,23-24H,4-7,10-13,21H2;5-13,16-18,20-21H,14-15,19H2,1-4H3;5-16,18-19H,17H2,1-4H3/q4*+1. The summed E-state index contributed by atoms with van der Waals surface area (Å²) in [5.74, 6) is 8.26. The first kappa shape index (κ1) is 89.7. The Labute approximate surface area is 801 Å². The highest BCUT2D eigenvalue weighted by Crippen LogP contribution is 2.51. The molecule has 4 aliphatic heterocycles. The van der Waals surface area contributed by atoms with E-state index in [9.17, 15) is 17.6 Å². The van der Waals surface area contributed by atoms with Gasteiger partial charge in [0.25, 0.3) is 23.3 Å². The summed E-state index contributed by atoms with van der Waals surface area (Å²) < 4.78 is 74.6. The fraction of sp³-hybridized carbons (Fsp3) is 0.323. The molecule has 8 aliphatic rings. The lowest BCUT2D eigenvalue weighted by Crippen LogP contribution is -2.30. The van der Waals surface area contributed by atoms with Gasteiger partial charge in [0.05, 0.1) is 22.3 Å². The Kier molecular flexibility index (Phi) is 25.6. The number of aromatic nitrogens is 8. The van der Waals surface area contributed by atoms with E-state index < -0.39 is 0 Å². The Hall–Kier alpha value is -12.8. The van der Waals surface area contributed by atoms with Crippen molar-refractivity contribution in [1.29, 1.82) is 0 Å². The number of halogens is 4. The second-order valence-corrected chi connectivity index (χ2v) is 41.4. The Morgan fingerprint density at radius 3 is 0.765 bits per heavy atom. The molecule has 0 bridgehead atoms. The van der Waals surface area contributed by atoms with Crippen LogP contribution in [0.1, 0.15) is 273 Å². The van der Waals surface area contributed by atoms with E-state index in [1.807, 2.05) is 24.3 Å². The van der Waals surface area contributed by atoms with Gasteiger partial charge in [-0.05, 0) is 277 Å². The largest absolute Gasteiger partial charge is 0.294 e. The van der Waals surface area contributed by atoms with Crippen molar-refractivity contribution >= 4 is 0 Å². The maximum absolute atomic E-state index is 14.1. The first-order chi connectivity index (χ1) is 66.4. The van der Waals surface area contributed by atoms with E-state index in [2.05, 4.69) is 311 Å². The minimum absolute atomic E-state index is 0.144. The van der Waals surface area contributed by atoms with E-state index in [0.29, 0.717) is 53.9 Å². The van der Waals surface area contributed by atoms with Gasteiger partial charge in [0.1, 0.15) is 122 Å². The average molecular weight is 1810 g/mol. The number of fused-ring (bicyclic) bond motifs is 12. The molecule has 0 radical (unpaired) electrons. The lowest BCUT2D eigenvalue weighted by molar-refractivity contribution is -0.671. The highest BCUT2D eigenvalue weighted by Gasteiger charge is 2.42. The molecule has 8 heterocycles. The fourth-order valence-corrected chi connectivity index (χ4v) is 24.2. The van der Waals surface area contributed by atoms with Gasteiger partial charge in [-0.2, -0.15) is 18.3 Å². The van der Waals surface area contributed by atoms with Gasteiger partial charge < -0.3 is 0 Å². The number of benzene rings is 12. The quantitative estimate of drug-likeness (QED) is 0.0606. The Balaban J connectivity index is 0.000000109. The van der Waals surface area contributed by atoms with E-state index in [-0.39, 0.29) is 23.3 Å². The van der Waals surface area contributed by atoms with Gasteiger partial charge >= 0.3 is 0 Å². The molecular weight excluding hydrogens is 1680 g/mol. The van der Waals surface area contributed by atoms with Crippen molar-refractivity contribution in [3.8, 4) is 113 Å². The number of rotatable bonds is 18. The van der Waals surface area contributed by atoms with E-state index >= 15 is 0 Å². The van der Waals surface area contributed by atoms with Crippen molar-refractivity contribution in [2.45, 2.75) is 245 Å². The summed E-state index contributed by atoms with van der Waals surface area (Å²) in [5.41, 5.74) is 36.1. The smallest absolute Gasteiger partial charge is 0.225 e. The van der Waals surface area contributed by atoms with E-state index in [0.717, 1.165) is 77.5 Å². The zero-order valence-electron chi connectivity index (χ0n) is 80.4. The summed E-state index contributed by atoms with van der Waals surface area (Å²) >= 11 is 0. The van der Waals surface area contributed by atoms with Gasteiger partial charge in [-0.15, -0.1) is 0 Å². The predicted octanol–water partition coefficient (Wildman–Crippen LogP) is 30.5. The Morgan fingerprint density at radius 1 is 0.257 bits per heavy atom. The van der Waals surface area contributed by atoms with Crippen LogP contribution in [0.15, 0.2) is 292 Å². The Bertz CT molecular complexity index is 6920. The molecule has 0 spiro atoms. The third-order valence-electron chi connectivity index (χ3n) is 30.5. The molecule has 0 atom stereocenters. The van der Waals surface area contributed by atoms with Crippen LogP contribution in [0.5, 0.6) is 0 Å². The minimum atomic E-state index is -0.172. The molecule has 4 saturated carbocycles. The highest BCUT2D eigenvalue weighted by atomic mass is 19.1. The topological polar surface area (TPSA) is 35.2 Å². The summed E-state index contributed by atoms with van der Waals surface area (Å²) in [6, 6.07) is 83.6. The van der Waals surface area contributed by atoms with Crippen LogP contribution in [-0.2, 0) is 39.0 Å². The molecule has 4 fully saturated rings. The highest BCUT2D eigenvalue weighted by molar-refractivity contribution is 5.78. The summed E-state index contributed by atoms with van der Waals surface area (Å²) in [4.78, 5) is 0. The zero-order chi connectivity index (χ0) is 92.9. The fourth-order valence-electron chi connectivity index (χ4n) is 24.2. The number of hydrogen-bond donors (Lipinski definition) is 0. The lowest BCUT2D eigenvalue weighted by Gasteiger charge is -2.29. The number of nitrogens with zero attached hydrogens (tertiary/aromatic N) is 8. The van der Waals surface area contributed by atoms with E-state index in [1.165, 1.54) is 250 Å². The summed E-state index contributed by atoms with van der Waals surface area (Å²) in [5, 5.41) is 0. The summed E-state index contributed by atoms with van der Waals surface area (Å²) in [7, 11) is 0. The van der Waals surface area contributed by atoms with Crippen LogP contribution in [0.3, 0.4) is 0 Å². The van der Waals surface area contributed by atoms with Crippen LogP contribution in [0.25, 0.3) is 113 Å². The first-order valence-corrected chi connectivity index (χ1v) is 50.9. The van der Waals surface area contributed by atoms with Gasteiger partial charge in [0.15, 0.2) is 0 Å². The number of hydrogen-bond acceptors (Lipinski definition) is 0. The molecule has 12 heteroatoms. The molecule has 688 valence electrons. The first-order valence-electron chi connectivity index (χ1n) is 50.9. The summed E-state index contributed by atoms with van der Waals surface area (Å²) in [6.07, 6.45) is 43.0. The minimum Gasteiger partial charge on any atom is -0.225 e. The molecule has 8 nitrogen and oxygen atoms in total. The van der Waals surface area contributed by atoms with Crippen molar-refractivity contribution in [3.63, 3.8) is 0 Å². The van der Waals surface area contributed by atoms with Crippen molar-refractivity contribution < 1.29 is 35.8 Å². The predicted molar refractivity (Wildman–Crippen MR) is 543 cm³/mol. The third kappa shape index (κ3) is 17.9. The molecule has 0 amide bonds. The molecule has 4 aromatic heterocycles. The molecule has 4 aliphatic carbocycles. The third-order valence-corrected chi connectivity index (χ3v) is 30.5. The van der Waals surface area contributed by atoms with Gasteiger partial charge in [-0.25, -0.2) is 35.8 Å². The van der Waals surface area contributed by atoms with Crippen LogP contribution < -0.4 is 18.3 Å². The van der Waals surface area contributed by atoms with Crippen molar-refractivity contribution in [1.82, 2.24) is 18.3 Å². The molecule has 0 unspecified atom stereocenters. The van der Waals surface area contributed by atoms with E-state index in [1.54, 1.807) is 48.5 Å². The van der Waals surface area contributed by atoms with Crippen LogP contribution in [0.4, 0.5) is 17.6 Å². The molecule has 12 aromatic carbocycles. The molecule has 16 aromatic rings. The summed E-state index contributed by atoms with van der Waals surface area (Å²) in [6.45, 7) is 21.1. The number of imidazole rings is 4. The molecule has 24 rings (SSSR count). The molecular formula is C124H128F4N8+4. The van der Waals surface area contributed by atoms with Crippen LogP contribution in [-0.4, -0.2) is 18.3 Å². The molecule has 136 heavy (non-hydrogen) atoms. The van der Waals surface area contributed by atoms with Crippen LogP contribution >= 0.6 is 0 Å². The average Bonchev–Trinajstić information content (AvgIpc) is 1.16. The second-order valence-electron chi connectivity index (χ2n) is 41.4. The molecule has 0 N–H and O–H groups in total. The zero-order valence-corrected chi connectivity index (χ0v) is 80.4. The normalized spacial score (nSPS) is 15.4. The lowest BCUT2D eigenvalue weighted by atomic mass is 9.77. The van der Waals surface area contributed by atoms with Crippen LogP contribution in [0.2, 0.25) is 0 Å². The maximum atomic E-state index is 14.1. The van der Waals surface area contributed by atoms with Gasteiger partial charge in [0.2, 0.25) is 0 Å². The maximum Gasteiger partial charge on any atom is 0.294 e. The van der Waals surface area contributed by atoms with Gasteiger partial charge in [-0.1, -0.05) is 241 Å². The molecule has 0 saturated heterocycles. The van der Waals surface area contributed by atoms with Crippen molar-refractivity contribution in [3.05, 3.63) is 382 Å². The SMILES string of the molecule is CC(C)Cc1cc(-c2ccccc2)cc(CC(C)C)c1-n1cc[n+]2c1-c1ccc(F)cc1C2.CC(C)c1cc(-c2ccccc2)cc(C(C)C)c1-n1cc[n+]2c1-c1ccc(F)cc1C2.Fc1ccc2c(c1)C[n+]1ccn(-c3c(C4CCCC4)cc(-c4ccccc4)cc3C3CCCC3)c1-2.Fc1ccc2c(c1)C[n+]1ccn(-c3c(C4CCCCC4)cc(-c4ccccc4)cc3C3CCCCC3)c1-2.